The maximum absolute atomic E-state index is 13.2. The second kappa shape index (κ2) is 7.24. The first kappa shape index (κ1) is 15.6. The number of hydrogen-bond acceptors (Lipinski definition) is 0. The molecule has 0 aromatic rings. The predicted molar refractivity (Wildman–Crippen MR) is 57.1 cm³/mol. The van der Waals surface area contributed by atoms with Gasteiger partial charge in [0.2, 0.25) is 0 Å². The van der Waals surface area contributed by atoms with Gasteiger partial charge >= 0.3 is 0 Å². The zero-order valence-corrected chi connectivity index (χ0v) is 9.97. The standard InChI is InChI=1S/C12H18F6/c13-7-5-3-1-2-4-6-8(14)10(16)12(18)11(17)9(7)15/h7-12H,1-6H2. The molecule has 0 amide bonds. The molecular formula is C12H18F6. The Morgan fingerprint density at radius 3 is 1.11 bits per heavy atom. The van der Waals surface area contributed by atoms with Crippen molar-refractivity contribution in [1.82, 2.24) is 0 Å². The summed E-state index contributed by atoms with van der Waals surface area (Å²) >= 11 is 0. The van der Waals surface area contributed by atoms with Crippen LogP contribution in [0.15, 0.2) is 0 Å². The highest BCUT2D eigenvalue weighted by Crippen LogP contribution is 2.28. The highest BCUT2D eigenvalue weighted by atomic mass is 19.2. The summed E-state index contributed by atoms with van der Waals surface area (Å²) in [6, 6.07) is 0. The van der Waals surface area contributed by atoms with E-state index in [4.69, 9.17) is 0 Å². The lowest BCUT2D eigenvalue weighted by atomic mass is 9.95. The molecule has 1 aliphatic rings. The van der Waals surface area contributed by atoms with E-state index in [0.29, 0.717) is 25.7 Å². The Morgan fingerprint density at radius 1 is 0.444 bits per heavy atom. The third kappa shape index (κ3) is 4.05. The van der Waals surface area contributed by atoms with Gasteiger partial charge < -0.3 is 0 Å². The highest BCUT2D eigenvalue weighted by Gasteiger charge is 2.43. The molecule has 6 heteroatoms. The van der Waals surface area contributed by atoms with Crippen LogP contribution in [0.5, 0.6) is 0 Å². The molecule has 0 bridgehead atoms. The number of rotatable bonds is 0. The summed E-state index contributed by atoms with van der Waals surface area (Å²) in [5, 5.41) is 0. The molecule has 0 aromatic heterocycles. The van der Waals surface area contributed by atoms with E-state index in [-0.39, 0.29) is 12.8 Å². The van der Waals surface area contributed by atoms with E-state index in [9.17, 15) is 26.3 Å². The zero-order valence-electron chi connectivity index (χ0n) is 9.97. The maximum Gasteiger partial charge on any atom is 0.168 e. The minimum atomic E-state index is -2.95. The van der Waals surface area contributed by atoms with Crippen LogP contribution in [-0.2, 0) is 0 Å². The lowest BCUT2D eigenvalue weighted by Gasteiger charge is -2.25. The third-order valence-corrected chi connectivity index (χ3v) is 3.31. The van der Waals surface area contributed by atoms with Gasteiger partial charge in [0, 0.05) is 0 Å². The molecule has 1 aliphatic carbocycles. The van der Waals surface area contributed by atoms with Gasteiger partial charge in [-0.15, -0.1) is 0 Å². The van der Waals surface area contributed by atoms with Crippen molar-refractivity contribution in [2.24, 2.45) is 0 Å². The van der Waals surface area contributed by atoms with Crippen LogP contribution in [0.25, 0.3) is 0 Å². The molecule has 1 fully saturated rings. The molecule has 0 saturated heterocycles. The van der Waals surface area contributed by atoms with Crippen LogP contribution < -0.4 is 0 Å². The second-order valence-corrected chi connectivity index (χ2v) is 4.80. The van der Waals surface area contributed by atoms with Gasteiger partial charge in [-0.05, 0) is 12.8 Å². The molecule has 1 saturated carbocycles. The Bertz CT molecular complexity index is 213. The molecule has 1 rings (SSSR count). The lowest BCUT2D eigenvalue weighted by molar-refractivity contribution is -0.0240. The highest BCUT2D eigenvalue weighted by molar-refractivity contribution is 4.89. The van der Waals surface area contributed by atoms with Crippen molar-refractivity contribution in [3.63, 3.8) is 0 Å². The van der Waals surface area contributed by atoms with E-state index < -0.39 is 37.0 Å². The number of hydrogen-bond donors (Lipinski definition) is 0. The van der Waals surface area contributed by atoms with Crippen LogP contribution in [0.4, 0.5) is 26.3 Å². The van der Waals surface area contributed by atoms with E-state index in [2.05, 4.69) is 0 Å². The van der Waals surface area contributed by atoms with Crippen LogP contribution in [-0.4, -0.2) is 37.0 Å². The normalized spacial score (nSPS) is 45.0. The molecule has 6 atom stereocenters. The molecule has 0 aliphatic heterocycles. The molecule has 6 unspecified atom stereocenters. The van der Waals surface area contributed by atoms with Crippen LogP contribution in [0.3, 0.4) is 0 Å². The van der Waals surface area contributed by atoms with Crippen molar-refractivity contribution >= 4 is 0 Å². The molecule has 0 radical (unpaired) electrons. The third-order valence-electron chi connectivity index (χ3n) is 3.31. The Labute approximate surface area is 103 Å². The van der Waals surface area contributed by atoms with E-state index >= 15 is 0 Å². The summed E-state index contributed by atoms with van der Waals surface area (Å²) in [7, 11) is 0. The van der Waals surface area contributed by atoms with Crippen LogP contribution in [0.1, 0.15) is 38.5 Å². The average molecular weight is 276 g/mol. The van der Waals surface area contributed by atoms with Crippen molar-refractivity contribution in [2.75, 3.05) is 0 Å². The van der Waals surface area contributed by atoms with E-state index in [0.717, 1.165) is 0 Å². The van der Waals surface area contributed by atoms with Crippen LogP contribution in [0.2, 0.25) is 0 Å². The summed E-state index contributed by atoms with van der Waals surface area (Å²) < 4.78 is 79.4. The Hall–Kier alpha value is -0.420. The van der Waals surface area contributed by atoms with E-state index in [1.165, 1.54) is 0 Å². The fraction of sp³-hybridized carbons (Fsp3) is 1.00. The van der Waals surface area contributed by atoms with Gasteiger partial charge in [-0.2, -0.15) is 0 Å². The second-order valence-electron chi connectivity index (χ2n) is 4.80. The molecule has 108 valence electrons. The molecular weight excluding hydrogens is 258 g/mol. The summed E-state index contributed by atoms with van der Waals surface area (Å²) in [5.41, 5.74) is 0. The SMILES string of the molecule is FC1CCCCCCC(F)C(F)C(F)C(F)C1F. The van der Waals surface area contributed by atoms with E-state index in [1.807, 2.05) is 0 Å². The van der Waals surface area contributed by atoms with Gasteiger partial charge in [0.1, 0.15) is 12.3 Å². The first-order valence-electron chi connectivity index (χ1n) is 6.29. The molecule has 0 heterocycles. The Balaban J connectivity index is 2.71. The zero-order chi connectivity index (χ0) is 13.7. The van der Waals surface area contributed by atoms with Crippen LogP contribution in [0, 0.1) is 0 Å². The topological polar surface area (TPSA) is 0 Å². The fourth-order valence-electron chi connectivity index (χ4n) is 2.10. The summed E-state index contributed by atoms with van der Waals surface area (Å²) in [6.45, 7) is 0. The van der Waals surface area contributed by atoms with Gasteiger partial charge in [-0.1, -0.05) is 25.7 Å². The predicted octanol–water partition coefficient (Wildman–Crippen LogP) is 4.37. The average Bonchev–Trinajstić information content (AvgIpc) is 2.37. The molecule has 0 aromatic carbocycles. The van der Waals surface area contributed by atoms with Gasteiger partial charge in [0.05, 0.1) is 0 Å². The van der Waals surface area contributed by atoms with Gasteiger partial charge in [-0.3, -0.25) is 0 Å². The first-order valence-corrected chi connectivity index (χ1v) is 6.29. The largest absolute Gasteiger partial charge is 0.244 e. The number of alkyl halides is 6. The van der Waals surface area contributed by atoms with E-state index in [1.54, 1.807) is 0 Å². The van der Waals surface area contributed by atoms with Crippen molar-refractivity contribution in [2.45, 2.75) is 75.6 Å². The lowest BCUT2D eigenvalue weighted by Crippen LogP contribution is -2.43. The molecule has 0 N–H and O–H groups in total. The maximum atomic E-state index is 13.2. The minimum absolute atomic E-state index is 0.218. The summed E-state index contributed by atoms with van der Waals surface area (Å²) in [6.07, 6.45) is -14.4. The smallest absolute Gasteiger partial charge is 0.168 e. The number of halogens is 6. The van der Waals surface area contributed by atoms with Gasteiger partial charge in [0.15, 0.2) is 24.7 Å². The van der Waals surface area contributed by atoms with Crippen LogP contribution >= 0.6 is 0 Å². The summed E-state index contributed by atoms with van der Waals surface area (Å²) in [5.74, 6) is 0. The van der Waals surface area contributed by atoms with Crippen molar-refractivity contribution in [1.29, 1.82) is 0 Å². The Morgan fingerprint density at radius 2 is 0.778 bits per heavy atom. The molecule has 18 heavy (non-hydrogen) atoms. The van der Waals surface area contributed by atoms with Gasteiger partial charge in [-0.25, -0.2) is 26.3 Å². The molecule has 0 spiro atoms. The monoisotopic (exact) mass is 276 g/mol. The summed E-state index contributed by atoms with van der Waals surface area (Å²) in [4.78, 5) is 0. The van der Waals surface area contributed by atoms with Crippen molar-refractivity contribution in [3.8, 4) is 0 Å². The Kier molecular flexibility index (Phi) is 6.29. The van der Waals surface area contributed by atoms with Crippen molar-refractivity contribution < 1.29 is 26.3 Å². The first-order chi connectivity index (χ1) is 8.45. The van der Waals surface area contributed by atoms with Crippen molar-refractivity contribution in [3.05, 3.63) is 0 Å². The minimum Gasteiger partial charge on any atom is -0.244 e. The van der Waals surface area contributed by atoms with Gasteiger partial charge in [0.25, 0.3) is 0 Å². The molecule has 0 nitrogen and oxygen atoms in total. The quantitative estimate of drug-likeness (QED) is 0.576. The fourth-order valence-corrected chi connectivity index (χ4v) is 2.10.